The van der Waals surface area contributed by atoms with Crippen LogP contribution >= 0.6 is 0 Å². The third-order valence-corrected chi connectivity index (χ3v) is 3.81. The van der Waals surface area contributed by atoms with Crippen LogP contribution in [-0.4, -0.2) is 24.8 Å². The molecule has 0 amide bonds. The first kappa shape index (κ1) is 18.6. The van der Waals surface area contributed by atoms with Crippen molar-refractivity contribution in [3.63, 3.8) is 0 Å². The van der Waals surface area contributed by atoms with E-state index in [1.54, 1.807) is 13.2 Å². The fourth-order valence-corrected chi connectivity index (χ4v) is 2.56. The maximum Gasteiger partial charge on any atom is 0.328 e. The molecule has 0 atom stereocenters. The van der Waals surface area contributed by atoms with Crippen molar-refractivity contribution in [3.8, 4) is 22.6 Å². The molecule has 2 aromatic carbocycles. The Morgan fingerprint density at radius 1 is 1.16 bits per heavy atom. The first-order valence-electron chi connectivity index (χ1n) is 8.47. The van der Waals surface area contributed by atoms with Crippen LogP contribution in [0.15, 0.2) is 48.5 Å². The number of unbranched alkanes of at least 4 members (excludes halogenated alkanes) is 2. The first-order valence-corrected chi connectivity index (χ1v) is 8.47. The van der Waals surface area contributed by atoms with Crippen LogP contribution in [0.2, 0.25) is 0 Å². The third kappa shape index (κ3) is 5.38. The number of carboxylic acid groups (broad SMARTS) is 1. The van der Waals surface area contributed by atoms with Gasteiger partial charge in [0, 0.05) is 11.6 Å². The van der Waals surface area contributed by atoms with Crippen LogP contribution in [-0.2, 0) is 4.79 Å². The zero-order chi connectivity index (χ0) is 18.1. The van der Waals surface area contributed by atoms with Gasteiger partial charge in [0.2, 0.25) is 0 Å². The van der Waals surface area contributed by atoms with E-state index >= 15 is 0 Å². The van der Waals surface area contributed by atoms with Gasteiger partial charge in [0.25, 0.3) is 0 Å². The molecule has 0 aliphatic rings. The zero-order valence-electron chi connectivity index (χ0n) is 14.7. The molecule has 1 N–H and O–H groups in total. The Kier molecular flexibility index (Phi) is 7.08. The van der Waals surface area contributed by atoms with E-state index in [9.17, 15) is 4.79 Å². The molecule has 0 aliphatic heterocycles. The normalized spacial score (nSPS) is 10.8. The summed E-state index contributed by atoms with van der Waals surface area (Å²) in [5, 5.41) is 8.79. The summed E-state index contributed by atoms with van der Waals surface area (Å²) in [7, 11) is 1.63. The van der Waals surface area contributed by atoms with E-state index in [1.165, 1.54) is 0 Å². The molecule has 0 saturated carbocycles. The smallest absolute Gasteiger partial charge is 0.328 e. The summed E-state index contributed by atoms with van der Waals surface area (Å²) >= 11 is 0. The van der Waals surface area contributed by atoms with Gasteiger partial charge in [0.15, 0.2) is 11.5 Å². The SMILES string of the molecule is CCCCCOc1c(OC)cccc1-c1cccc(/C=C/C(=O)O)c1. The molecule has 0 radical (unpaired) electrons. The van der Waals surface area contributed by atoms with Crippen molar-refractivity contribution in [1.82, 2.24) is 0 Å². The average molecular weight is 340 g/mol. The molecule has 25 heavy (non-hydrogen) atoms. The second-order valence-corrected chi connectivity index (χ2v) is 5.69. The lowest BCUT2D eigenvalue weighted by atomic mass is 10.0. The van der Waals surface area contributed by atoms with E-state index in [1.807, 2.05) is 42.5 Å². The minimum Gasteiger partial charge on any atom is -0.493 e. The van der Waals surface area contributed by atoms with Crippen molar-refractivity contribution in [1.29, 1.82) is 0 Å². The molecule has 0 saturated heterocycles. The molecule has 0 aromatic heterocycles. The van der Waals surface area contributed by atoms with Gasteiger partial charge in [-0.25, -0.2) is 4.79 Å². The molecule has 0 bridgehead atoms. The van der Waals surface area contributed by atoms with Crippen molar-refractivity contribution in [2.75, 3.05) is 13.7 Å². The van der Waals surface area contributed by atoms with E-state index in [2.05, 4.69) is 6.92 Å². The maximum absolute atomic E-state index is 10.7. The van der Waals surface area contributed by atoms with Crippen molar-refractivity contribution >= 4 is 12.0 Å². The molecule has 0 aliphatic carbocycles. The van der Waals surface area contributed by atoms with Gasteiger partial charge in [-0.1, -0.05) is 50.1 Å². The molecule has 0 spiro atoms. The number of methoxy groups -OCH3 is 1. The second-order valence-electron chi connectivity index (χ2n) is 5.69. The lowest BCUT2D eigenvalue weighted by Gasteiger charge is -2.15. The van der Waals surface area contributed by atoms with Crippen molar-refractivity contribution < 1.29 is 19.4 Å². The number of hydrogen-bond acceptors (Lipinski definition) is 3. The topological polar surface area (TPSA) is 55.8 Å². The van der Waals surface area contributed by atoms with Crippen LogP contribution in [0.1, 0.15) is 31.7 Å². The minimum absolute atomic E-state index is 0.639. The maximum atomic E-state index is 10.7. The lowest BCUT2D eigenvalue weighted by Crippen LogP contribution is -2.01. The van der Waals surface area contributed by atoms with E-state index < -0.39 is 5.97 Å². The van der Waals surface area contributed by atoms with Crippen molar-refractivity contribution in [3.05, 3.63) is 54.1 Å². The number of benzene rings is 2. The number of carbonyl (C=O) groups is 1. The van der Waals surface area contributed by atoms with Crippen LogP contribution in [0.3, 0.4) is 0 Å². The number of carboxylic acids is 1. The number of hydrogen-bond donors (Lipinski definition) is 1. The van der Waals surface area contributed by atoms with Crippen LogP contribution in [0, 0.1) is 0 Å². The highest BCUT2D eigenvalue weighted by Crippen LogP contribution is 2.38. The van der Waals surface area contributed by atoms with Gasteiger partial charge in [-0.05, 0) is 35.8 Å². The number of rotatable bonds is 9. The summed E-state index contributed by atoms with van der Waals surface area (Å²) in [4.78, 5) is 10.7. The number of aliphatic carboxylic acids is 1. The number of ether oxygens (including phenoxy) is 2. The Morgan fingerprint density at radius 3 is 2.68 bits per heavy atom. The Bertz CT molecular complexity index is 734. The Labute approximate surface area is 148 Å². The van der Waals surface area contributed by atoms with Gasteiger partial charge in [-0.15, -0.1) is 0 Å². The summed E-state index contributed by atoms with van der Waals surface area (Å²) in [6, 6.07) is 13.5. The van der Waals surface area contributed by atoms with Crippen molar-refractivity contribution in [2.45, 2.75) is 26.2 Å². The van der Waals surface area contributed by atoms with Crippen LogP contribution in [0.4, 0.5) is 0 Å². The molecule has 2 rings (SSSR count). The molecule has 4 nitrogen and oxygen atoms in total. The summed E-state index contributed by atoms with van der Waals surface area (Å²) < 4.78 is 11.5. The highest BCUT2D eigenvalue weighted by atomic mass is 16.5. The van der Waals surface area contributed by atoms with Gasteiger partial charge in [0.1, 0.15) is 0 Å². The fraction of sp³-hybridized carbons (Fsp3) is 0.286. The zero-order valence-corrected chi connectivity index (χ0v) is 14.7. The van der Waals surface area contributed by atoms with Gasteiger partial charge in [-0.3, -0.25) is 0 Å². The fourth-order valence-electron chi connectivity index (χ4n) is 2.56. The lowest BCUT2D eigenvalue weighted by molar-refractivity contribution is -0.131. The molecule has 0 fully saturated rings. The standard InChI is InChI=1S/C21H24O4/c1-3-4-5-14-25-21-18(10-7-11-19(21)24-2)17-9-6-8-16(15-17)12-13-20(22)23/h6-13,15H,3-5,14H2,1-2H3,(H,22,23)/b13-12+. The molecule has 132 valence electrons. The minimum atomic E-state index is -0.966. The van der Waals surface area contributed by atoms with Crippen LogP contribution in [0.25, 0.3) is 17.2 Å². The van der Waals surface area contributed by atoms with E-state index in [0.717, 1.165) is 47.8 Å². The summed E-state index contributed by atoms with van der Waals surface area (Å²) in [6.45, 7) is 2.80. The molecule has 4 heteroatoms. The predicted octanol–water partition coefficient (Wildman–Crippen LogP) is 5.03. The van der Waals surface area contributed by atoms with Gasteiger partial charge in [0.05, 0.1) is 13.7 Å². The van der Waals surface area contributed by atoms with E-state index in [-0.39, 0.29) is 0 Å². The van der Waals surface area contributed by atoms with Crippen LogP contribution in [0.5, 0.6) is 11.5 Å². The van der Waals surface area contributed by atoms with Crippen molar-refractivity contribution in [2.24, 2.45) is 0 Å². The highest BCUT2D eigenvalue weighted by Gasteiger charge is 2.12. The monoisotopic (exact) mass is 340 g/mol. The van der Waals surface area contributed by atoms with E-state index in [4.69, 9.17) is 14.6 Å². The average Bonchev–Trinajstić information content (AvgIpc) is 2.63. The summed E-state index contributed by atoms with van der Waals surface area (Å²) in [6.07, 6.45) is 5.97. The molecular formula is C21H24O4. The Balaban J connectivity index is 2.34. The van der Waals surface area contributed by atoms with Gasteiger partial charge in [-0.2, -0.15) is 0 Å². The molecule has 0 heterocycles. The van der Waals surface area contributed by atoms with E-state index in [0.29, 0.717) is 12.4 Å². The molecular weight excluding hydrogens is 316 g/mol. The Hall–Kier alpha value is -2.75. The van der Waals surface area contributed by atoms with Gasteiger partial charge < -0.3 is 14.6 Å². The third-order valence-electron chi connectivity index (χ3n) is 3.81. The molecule has 2 aromatic rings. The molecule has 0 unspecified atom stereocenters. The summed E-state index contributed by atoms with van der Waals surface area (Å²) in [5.74, 6) is 0.452. The Morgan fingerprint density at radius 2 is 1.96 bits per heavy atom. The second kappa shape index (κ2) is 9.52. The largest absolute Gasteiger partial charge is 0.493 e. The quantitative estimate of drug-likeness (QED) is 0.514. The van der Waals surface area contributed by atoms with Crippen LogP contribution < -0.4 is 9.47 Å². The highest BCUT2D eigenvalue weighted by molar-refractivity contribution is 5.86. The first-order chi connectivity index (χ1) is 12.2. The predicted molar refractivity (Wildman–Crippen MR) is 100 cm³/mol. The summed E-state index contributed by atoms with van der Waals surface area (Å²) in [5.41, 5.74) is 2.71. The van der Waals surface area contributed by atoms with Gasteiger partial charge >= 0.3 is 5.97 Å². The number of para-hydroxylation sites is 1.